The number of esters is 1. The number of carbonyl (C=O) groups excluding carboxylic acids is 1. The average Bonchev–Trinajstić information content (AvgIpc) is 2.97. The van der Waals surface area contributed by atoms with Crippen molar-refractivity contribution < 1.29 is 17.9 Å². The Kier molecular flexibility index (Phi) is 6.79. The lowest BCUT2D eigenvalue weighted by Gasteiger charge is -2.33. The van der Waals surface area contributed by atoms with Crippen molar-refractivity contribution in [3.8, 4) is 0 Å². The number of sulfonamides is 1. The highest BCUT2D eigenvalue weighted by atomic mass is 35.5. The highest BCUT2D eigenvalue weighted by molar-refractivity contribution is 7.89. The van der Waals surface area contributed by atoms with Crippen LogP contribution in [0, 0.1) is 0 Å². The van der Waals surface area contributed by atoms with Crippen molar-refractivity contribution in [1.82, 2.24) is 14.5 Å². The molecule has 2 rings (SSSR count). The second-order valence-electron chi connectivity index (χ2n) is 4.83. The summed E-state index contributed by atoms with van der Waals surface area (Å²) in [5.41, 5.74) is 5.59. The third-order valence-electron chi connectivity index (χ3n) is 3.51. The van der Waals surface area contributed by atoms with Crippen LogP contribution in [-0.2, 0) is 14.8 Å². The van der Waals surface area contributed by atoms with Gasteiger partial charge in [0.1, 0.15) is 5.56 Å². The molecule has 3 N–H and O–H groups in total. The normalized spacial score (nSPS) is 19.5. The summed E-state index contributed by atoms with van der Waals surface area (Å²) in [7, 11) is -3.84. The number of rotatable bonds is 5. The third kappa shape index (κ3) is 3.60. The predicted molar refractivity (Wildman–Crippen MR) is 82.4 cm³/mol. The molecule has 1 saturated heterocycles. The molecule has 1 aliphatic heterocycles. The molecule has 2 heterocycles. The first-order valence-electron chi connectivity index (χ1n) is 6.94. The number of carbonyl (C=O) groups is 1. The fourth-order valence-electron chi connectivity index (χ4n) is 2.47. The van der Waals surface area contributed by atoms with Crippen molar-refractivity contribution >= 4 is 28.4 Å². The van der Waals surface area contributed by atoms with Crippen molar-refractivity contribution in [2.75, 3.05) is 19.7 Å². The van der Waals surface area contributed by atoms with Crippen molar-refractivity contribution in [1.29, 1.82) is 0 Å². The van der Waals surface area contributed by atoms with Crippen molar-refractivity contribution in [3.05, 3.63) is 11.8 Å². The zero-order valence-corrected chi connectivity index (χ0v) is 14.0. The topological polar surface area (TPSA) is 118 Å². The largest absolute Gasteiger partial charge is 0.462 e. The Balaban J connectivity index is 0.00000242. The maximum atomic E-state index is 12.7. The van der Waals surface area contributed by atoms with E-state index in [1.807, 2.05) is 0 Å². The van der Waals surface area contributed by atoms with Gasteiger partial charge in [0, 0.05) is 19.1 Å². The van der Waals surface area contributed by atoms with Crippen LogP contribution in [0.25, 0.3) is 0 Å². The number of halogens is 1. The van der Waals surface area contributed by atoms with Crippen LogP contribution in [0.5, 0.6) is 0 Å². The van der Waals surface area contributed by atoms with E-state index in [9.17, 15) is 13.2 Å². The van der Waals surface area contributed by atoms with E-state index >= 15 is 0 Å². The minimum absolute atomic E-state index is 0. The fourth-order valence-corrected chi connectivity index (χ4v) is 4.24. The number of nitrogens with zero attached hydrogens (tertiary/aromatic N) is 2. The molecule has 0 saturated carbocycles. The molecular weight excluding hydrogens is 332 g/mol. The molecule has 1 atom stereocenters. The number of piperidine rings is 1. The number of aromatic amines is 1. The highest BCUT2D eigenvalue weighted by Gasteiger charge is 2.36. The maximum Gasteiger partial charge on any atom is 0.342 e. The maximum absolute atomic E-state index is 12.7. The molecular formula is C12H21ClN4O4S. The molecule has 0 aliphatic carbocycles. The number of aromatic nitrogens is 2. The van der Waals surface area contributed by atoms with Gasteiger partial charge in [-0.25, -0.2) is 13.2 Å². The minimum atomic E-state index is -3.84. The lowest BCUT2D eigenvalue weighted by Crippen LogP contribution is -2.47. The van der Waals surface area contributed by atoms with Crippen LogP contribution in [0.2, 0.25) is 0 Å². The quantitative estimate of drug-likeness (QED) is 0.745. The van der Waals surface area contributed by atoms with Gasteiger partial charge in [0.15, 0.2) is 5.03 Å². The molecule has 10 heteroatoms. The van der Waals surface area contributed by atoms with Gasteiger partial charge < -0.3 is 10.5 Å². The summed E-state index contributed by atoms with van der Waals surface area (Å²) in [6, 6.07) is -0.248. The number of hydrogen-bond donors (Lipinski definition) is 2. The van der Waals surface area contributed by atoms with Gasteiger partial charge in [0.2, 0.25) is 0 Å². The fraction of sp³-hybridized carbons (Fsp3) is 0.667. The van der Waals surface area contributed by atoms with Gasteiger partial charge in [-0.2, -0.15) is 9.40 Å². The summed E-state index contributed by atoms with van der Waals surface area (Å²) in [5.74, 6) is -0.703. The molecule has 1 aromatic heterocycles. The highest BCUT2D eigenvalue weighted by Crippen LogP contribution is 2.25. The Morgan fingerprint density at radius 3 is 2.91 bits per heavy atom. The van der Waals surface area contributed by atoms with E-state index in [1.54, 1.807) is 6.92 Å². The van der Waals surface area contributed by atoms with Crippen molar-refractivity contribution in [2.45, 2.75) is 37.3 Å². The van der Waals surface area contributed by atoms with Gasteiger partial charge in [-0.1, -0.05) is 6.42 Å². The van der Waals surface area contributed by atoms with Crippen LogP contribution in [0.3, 0.4) is 0 Å². The molecule has 1 unspecified atom stereocenters. The van der Waals surface area contributed by atoms with Gasteiger partial charge in [-0.05, 0) is 19.8 Å². The number of hydrogen-bond acceptors (Lipinski definition) is 6. The Labute approximate surface area is 135 Å². The number of nitrogens with one attached hydrogen (secondary N) is 1. The summed E-state index contributed by atoms with van der Waals surface area (Å²) < 4.78 is 31.7. The molecule has 0 spiro atoms. The Morgan fingerprint density at radius 1 is 1.55 bits per heavy atom. The Bertz CT molecular complexity index is 604. The van der Waals surface area contributed by atoms with E-state index in [0.717, 1.165) is 19.3 Å². The van der Waals surface area contributed by atoms with Crippen LogP contribution >= 0.6 is 12.4 Å². The summed E-state index contributed by atoms with van der Waals surface area (Å²) in [6.07, 6.45) is 3.62. The summed E-state index contributed by atoms with van der Waals surface area (Å²) >= 11 is 0. The molecule has 1 aromatic rings. The standard InChI is InChI=1S/C12H20N4O4S.ClH/c1-2-20-12(17)10-8-14-15-11(10)21(18,19)16-6-4-3-5-9(16)7-13;/h8-9H,2-7,13H2,1H3,(H,14,15);1H. The summed E-state index contributed by atoms with van der Waals surface area (Å²) in [5, 5.41) is 5.86. The van der Waals surface area contributed by atoms with Gasteiger partial charge in [-0.15, -0.1) is 12.4 Å². The Hall–Kier alpha value is -1.16. The predicted octanol–water partition coefficient (Wildman–Crippen LogP) is 0.510. The van der Waals surface area contributed by atoms with E-state index in [1.165, 1.54) is 10.5 Å². The molecule has 126 valence electrons. The molecule has 0 radical (unpaired) electrons. The summed E-state index contributed by atoms with van der Waals surface area (Å²) in [6.45, 7) is 2.47. The Morgan fingerprint density at radius 2 is 2.27 bits per heavy atom. The third-order valence-corrected chi connectivity index (χ3v) is 5.44. The van der Waals surface area contributed by atoms with Gasteiger partial charge in [0.05, 0.1) is 12.8 Å². The van der Waals surface area contributed by atoms with Gasteiger partial charge in [0.25, 0.3) is 10.0 Å². The minimum Gasteiger partial charge on any atom is -0.462 e. The molecule has 1 fully saturated rings. The van der Waals surface area contributed by atoms with Gasteiger partial charge in [-0.3, -0.25) is 5.10 Å². The zero-order chi connectivity index (χ0) is 15.5. The number of ether oxygens (including phenoxy) is 1. The molecule has 22 heavy (non-hydrogen) atoms. The van der Waals surface area contributed by atoms with Crippen LogP contribution in [0.1, 0.15) is 36.5 Å². The summed E-state index contributed by atoms with van der Waals surface area (Å²) in [4.78, 5) is 11.8. The second kappa shape index (κ2) is 7.91. The van der Waals surface area contributed by atoms with E-state index in [0.29, 0.717) is 6.54 Å². The lowest BCUT2D eigenvalue weighted by atomic mass is 10.1. The molecule has 1 aliphatic rings. The smallest absolute Gasteiger partial charge is 0.342 e. The van der Waals surface area contributed by atoms with Crippen molar-refractivity contribution in [3.63, 3.8) is 0 Å². The van der Waals surface area contributed by atoms with E-state index in [2.05, 4.69) is 10.2 Å². The zero-order valence-electron chi connectivity index (χ0n) is 12.3. The molecule has 0 bridgehead atoms. The van der Waals surface area contributed by atoms with Crippen molar-refractivity contribution in [2.24, 2.45) is 5.73 Å². The average molecular weight is 353 g/mol. The molecule has 0 amide bonds. The molecule has 0 aromatic carbocycles. The van der Waals surface area contributed by atoms with E-state index in [-0.39, 0.29) is 42.2 Å². The SMILES string of the molecule is CCOC(=O)c1cn[nH]c1S(=O)(=O)N1CCCCC1CN.Cl. The second-order valence-corrected chi connectivity index (χ2v) is 6.66. The first-order chi connectivity index (χ1) is 10.0. The first kappa shape index (κ1) is 18.9. The van der Waals surface area contributed by atoms with Crippen LogP contribution in [0.15, 0.2) is 11.2 Å². The monoisotopic (exact) mass is 352 g/mol. The lowest BCUT2D eigenvalue weighted by molar-refractivity contribution is 0.0521. The van der Waals surface area contributed by atoms with Gasteiger partial charge >= 0.3 is 5.97 Å². The van der Waals surface area contributed by atoms with E-state index in [4.69, 9.17) is 10.5 Å². The first-order valence-corrected chi connectivity index (χ1v) is 8.38. The number of nitrogens with two attached hydrogens (primary N) is 1. The van der Waals surface area contributed by atoms with Crippen LogP contribution < -0.4 is 5.73 Å². The van der Waals surface area contributed by atoms with Crippen LogP contribution in [0.4, 0.5) is 0 Å². The molecule has 8 nitrogen and oxygen atoms in total. The van der Waals surface area contributed by atoms with E-state index < -0.39 is 16.0 Å². The number of H-pyrrole nitrogens is 1. The van der Waals surface area contributed by atoms with Crippen LogP contribution in [-0.4, -0.2) is 54.6 Å².